The molecule has 0 bridgehead atoms. The van der Waals surface area contributed by atoms with Gasteiger partial charge in [-0.15, -0.1) is 0 Å². The van der Waals surface area contributed by atoms with E-state index in [9.17, 15) is 4.79 Å². The summed E-state index contributed by atoms with van der Waals surface area (Å²) in [7, 11) is 0. The fourth-order valence-electron chi connectivity index (χ4n) is 2.05. The Bertz CT molecular complexity index is 470. The lowest BCUT2D eigenvalue weighted by Crippen LogP contribution is -2.37. The summed E-state index contributed by atoms with van der Waals surface area (Å²) in [5.74, 6) is 1.37. The second kappa shape index (κ2) is 7.46. The first-order valence-electron chi connectivity index (χ1n) is 7.82. The summed E-state index contributed by atoms with van der Waals surface area (Å²) >= 11 is 0. The molecule has 0 aromatic heterocycles. The molecule has 0 spiro atoms. The molecule has 116 valence electrons. The maximum atomic E-state index is 12.0. The van der Waals surface area contributed by atoms with Crippen LogP contribution in [0.4, 0.5) is 0 Å². The second-order valence-corrected chi connectivity index (χ2v) is 6.18. The van der Waals surface area contributed by atoms with Gasteiger partial charge < -0.3 is 15.4 Å². The van der Waals surface area contributed by atoms with Crippen molar-refractivity contribution in [3.8, 4) is 5.75 Å². The van der Waals surface area contributed by atoms with Gasteiger partial charge in [0.1, 0.15) is 5.75 Å². The molecule has 1 aliphatic rings. The van der Waals surface area contributed by atoms with E-state index in [1.165, 1.54) is 0 Å². The predicted molar refractivity (Wildman–Crippen MR) is 84.2 cm³/mol. The van der Waals surface area contributed by atoms with Crippen LogP contribution in [0.15, 0.2) is 24.3 Å². The van der Waals surface area contributed by atoms with Crippen LogP contribution in [0.5, 0.6) is 5.75 Å². The molecule has 0 heterocycles. The van der Waals surface area contributed by atoms with Crippen molar-refractivity contribution in [1.29, 1.82) is 0 Å². The van der Waals surface area contributed by atoms with Crippen LogP contribution < -0.4 is 15.4 Å². The Morgan fingerprint density at radius 3 is 2.67 bits per heavy atom. The van der Waals surface area contributed by atoms with Crippen LogP contribution in [0.2, 0.25) is 0 Å². The summed E-state index contributed by atoms with van der Waals surface area (Å²) in [6.07, 6.45) is 1.72. The molecule has 2 N–H and O–H groups in total. The highest BCUT2D eigenvalue weighted by Gasteiger charge is 2.26. The van der Waals surface area contributed by atoms with E-state index < -0.39 is 6.10 Å². The van der Waals surface area contributed by atoms with Crippen molar-refractivity contribution in [2.75, 3.05) is 6.54 Å². The van der Waals surface area contributed by atoms with Crippen molar-refractivity contribution >= 4 is 5.91 Å². The first-order chi connectivity index (χ1) is 10.1. The van der Waals surface area contributed by atoms with E-state index in [0.29, 0.717) is 12.0 Å². The maximum Gasteiger partial charge on any atom is 0.260 e. The number of rotatable bonds is 8. The van der Waals surface area contributed by atoms with Crippen LogP contribution in [-0.4, -0.2) is 24.6 Å². The predicted octanol–water partition coefficient (Wildman–Crippen LogP) is 2.48. The molecule has 1 atom stereocenters. The van der Waals surface area contributed by atoms with E-state index in [-0.39, 0.29) is 5.91 Å². The lowest BCUT2D eigenvalue weighted by molar-refractivity contribution is -0.127. The van der Waals surface area contributed by atoms with Gasteiger partial charge in [-0.25, -0.2) is 0 Å². The Kier molecular flexibility index (Phi) is 5.62. The van der Waals surface area contributed by atoms with Crippen LogP contribution in [0, 0.1) is 5.92 Å². The number of carbonyl (C=O) groups is 1. The maximum absolute atomic E-state index is 12.0. The number of para-hydroxylation sites is 1. The van der Waals surface area contributed by atoms with Gasteiger partial charge in [0.25, 0.3) is 5.91 Å². The molecule has 0 aliphatic heterocycles. The largest absolute Gasteiger partial charge is 0.481 e. The SMILES string of the molecule is CC(C)CNCc1ccccc1OC(C)C(=O)NC1CC1. The summed E-state index contributed by atoms with van der Waals surface area (Å²) in [6, 6.07) is 8.26. The molecule has 4 heteroatoms. The molecular formula is C17H26N2O2. The minimum absolute atomic E-state index is 0.0255. The zero-order valence-electron chi connectivity index (χ0n) is 13.2. The summed E-state index contributed by atoms with van der Waals surface area (Å²) in [5, 5.41) is 6.38. The van der Waals surface area contributed by atoms with Crippen molar-refractivity contribution in [2.24, 2.45) is 5.92 Å². The Labute approximate surface area is 127 Å². The minimum Gasteiger partial charge on any atom is -0.481 e. The van der Waals surface area contributed by atoms with E-state index in [1.54, 1.807) is 6.92 Å². The third-order valence-corrected chi connectivity index (χ3v) is 3.44. The fourth-order valence-corrected chi connectivity index (χ4v) is 2.05. The average Bonchev–Trinajstić information content (AvgIpc) is 3.24. The molecule has 0 radical (unpaired) electrons. The molecule has 21 heavy (non-hydrogen) atoms. The monoisotopic (exact) mass is 290 g/mol. The van der Waals surface area contributed by atoms with Crippen LogP contribution in [0.25, 0.3) is 0 Å². The molecule has 4 nitrogen and oxygen atoms in total. The Morgan fingerprint density at radius 2 is 2.00 bits per heavy atom. The number of amides is 1. The average molecular weight is 290 g/mol. The highest BCUT2D eigenvalue weighted by atomic mass is 16.5. The summed E-state index contributed by atoms with van der Waals surface area (Å²) in [5.41, 5.74) is 1.09. The van der Waals surface area contributed by atoms with Gasteiger partial charge in [-0.1, -0.05) is 32.0 Å². The number of benzene rings is 1. The van der Waals surface area contributed by atoms with E-state index >= 15 is 0 Å². The first kappa shape index (κ1) is 15.8. The third kappa shape index (κ3) is 5.38. The number of carbonyl (C=O) groups excluding carboxylic acids is 1. The molecule has 1 amide bonds. The Hall–Kier alpha value is -1.55. The minimum atomic E-state index is -0.461. The quantitative estimate of drug-likeness (QED) is 0.773. The highest BCUT2D eigenvalue weighted by Crippen LogP contribution is 2.21. The standard InChI is InChI=1S/C17H26N2O2/c1-12(2)10-18-11-14-6-4-5-7-16(14)21-13(3)17(20)19-15-8-9-15/h4-7,12-13,15,18H,8-11H2,1-3H3,(H,19,20). The van der Waals surface area contributed by atoms with Crippen molar-refractivity contribution in [3.05, 3.63) is 29.8 Å². The van der Waals surface area contributed by atoms with Crippen LogP contribution in [0.1, 0.15) is 39.2 Å². The van der Waals surface area contributed by atoms with Crippen molar-refractivity contribution in [3.63, 3.8) is 0 Å². The number of ether oxygens (including phenoxy) is 1. The lowest BCUT2D eigenvalue weighted by atomic mass is 10.1. The molecule has 1 aliphatic carbocycles. The van der Waals surface area contributed by atoms with Gasteiger partial charge in [0, 0.05) is 18.2 Å². The molecule has 2 rings (SSSR count). The van der Waals surface area contributed by atoms with Crippen LogP contribution >= 0.6 is 0 Å². The van der Waals surface area contributed by atoms with Crippen LogP contribution in [-0.2, 0) is 11.3 Å². The molecule has 1 aromatic rings. The molecule has 1 saturated carbocycles. The smallest absolute Gasteiger partial charge is 0.260 e. The first-order valence-corrected chi connectivity index (χ1v) is 7.82. The second-order valence-electron chi connectivity index (χ2n) is 6.18. The van der Waals surface area contributed by atoms with E-state index in [2.05, 4.69) is 24.5 Å². The van der Waals surface area contributed by atoms with Gasteiger partial charge in [-0.05, 0) is 38.3 Å². The zero-order valence-corrected chi connectivity index (χ0v) is 13.2. The van der Waals surface area contributed by atoms with E-state index in [1.807, 2.05) is 24.3 Å². The number of hydrogen-bond donors (Lipinski definition) is 2. The molecule has 1 fully saturated rings. The van der Waals surface area contributed by atoms with Gasteiger partial charge in [-0.3, -0.25) is 4.79 Å². The van der Waals surface area contributed by atoms with E-state index in [0.717, 1.165) is 37.2 Å². The molecule has 0 saturated heterocycles. The third-order valence-electron chi connectivity index (χ3n) is 3.44. The Morgan fingerprint density at radius 1 is 1.29 bits per heavy atom. The van der Waals surface area contributed by atoms with Gasteiger partial charge >= 0.3 is 0 Å². The Balaban J connectivity index is 1.90. The molecular weight excluding hydrogens is 264 g/mol. The van der Waals surface area contributed by atoms with Gasteiger partial charge in [0.05, 0.1) is 0 Å². The molecule has 1 aromatic carbocycles. The van der Waals surface area contributed by atoms with Crippen molar-refractivity contribution < 1.29 is 9.53 Å². The highest BCUT2D eigenvalue weighted by molar-refractivity contribution is 5.81. The zero-order chi connectivity index (χ0) is 15.2. The van der Waals surface area contributed by atoms with Crippen molar-refractivity contribution in [2.45, 2.75) is 52.3 Å². The van der Waals surface area contributed by atoms with Crippen molar-refractivity contribution in [1.82, 2.24) is 10.6 Å². The molecule has 1 unspecified atom stereocenters. The summed E-state index contributed by atoms with van der Waals surface area (Å²) in [4.78, 5) is 12.0. The summed E-state index contributed by atoms with van der Waals surface area (Å²) in [6.45, 7) is 7.88. The topological polar surface area (TPSA) is 50.4 Å². The summed E-state index contributed by atoms with van der Waals surface area (Å²) < 4.78 is 5.84. The number of nitrogens with one attached hydrogen (secondary N) is 2. The van der Waals surface area contributed by atoms with Crippen LogP contribution in [0.3, 0.4) is 0 Å². The normalized spacial score (nSPS) is 15.8. The van der Waals surface area contributed by atoms with Gasteiger partial charge in [-0.2, -0.15) is 0 Å². The van der Waals surface area contributed by atoms with Gasteiger partial charge in [0.15, 0.2) is 6.10 Å². The number of hydrogen-bond acceptors (Lipinski definition) is 3. The lowest BCUT2D eigenvalue weighted by Gasteiger charge is -2.17. The fraction of sp³-hybridized carbons (Fsp3) is 0.588. The van der Waals surface area contributed by atoms with E-state index in [4.69, 9.17) is 4.74 Å². The van der Waals surface area contributed by atoms with Gasteiger partial charge in [0.2, 0.25) is 0 Å².